The summed E-state index contributed by atoms with van der Waals surface area (Å²) >= 11 is 0. The number of aliphatic hydroxyl groups is 1. The quantitative estimate of drug-likeness (QED) is 0.762. The Morgan fingerprint density at radius 1 is 1.06 bits per heavy atom. The fraction of sp³-hybridized carbons (Fsp3) is 0.938. The second-order valence-electron chi connectivity index (χ2n) is 7.57. The molecule has 2 aliphatic carbocycles. The minimum atomic E-state index is -0.690. The van der Waals surface area contributed by atoms with Crippen molar-refractivity contribution in [3.05, 3.63) is 0 Å². The van der Waals surface area contributed by atoms with Crippen LogP contribution in [0.5, 0.6) is 0 Å². The lowest BCUT2D eigenvalue weighted by molar-refractivity contribution is -0.0790. The van der Waals surface area contributed by atoms with Crippen LogP contribution < -0.4 is 0 Å². The van der Waals surface area contributed by atoms with Gasteiger partial charge in [0, 0.05) is 0 Å². The maximum Gasteiger partial charge on any atom is 0.0860 e. The van der Waals surface area contributed by atoms with E-state index in [1.54, 1.807) is 0 Å². The van der Waals surface area contributed by atoms with Crippen LogP contribution >= 0.6 is 0 Å². The number of hydrogen-bond acceptors (Lipinski definition) is 2. The Morgan fingerprint density at radius 3 is 1.94 bits per heavy atom. The van der Waals surface area contributed by atoms with Gasteiger partial charge in [0.2, 0.25) is 0 Å². The fourth-order valence-corrected chi connectivity index (χ4v) is 4.10. The van der Waals surface area contributed by atoms with Gasteiger partial charge < -0.3 is 5.11 Å². The molecule has 2 heteroatoms. The third-order valence-electron chi connectivity index (χ3n) is 5.60. The molecule has 0 radical (unpaired) electrons. The molecule has 0 amide bonds. The monoisotopic (exact) mass is 249 g/mol. The summed E-state index contributed by atoms with van der Waals surface area (Å²) in [5.41, 5.74) is -0.810. The van der Waals surface area contributed by atoms with Gasteiger partial charge in [0.1, 0.15) is 0 Å². The molecule has 0 atom stereocenters. The van der Waals surface area contributed by atoms with Crippen LogP contribution in [0, 0.1) is 28.1 Å². The zero-order valence-corrected chi connectivity index (χ0v) is 12.1. The van der Waals surface area contributed by atoms with Crippen molar-refractivity contribution in [2.75, 3.05) is 0 Å². The number of hydrogen-bond donors (Lipinski definition) is 1. The minimum absolute atomic E-state index is 0.333. The van der Waals surface area contributed by atoms with Gasteiger partial charge in [-0.2, -0.15) is 5.26 Å². The SMILES string of the molecule is CC(C)(C)C1CCC(C#N)(C2(O)CCCC2)CC1. The van der Waals surface area contributed by atoms with Crippen molar-refractivity contribution in [2.45, 2.75) is 77.7 Å². The molecule has 0 saturated heterocycles. The topological polar surface area (TPSA) is 44.0 Å². The zero-order chi connectivity index (χ0) is 13.4. The second-order valence-corrected chi connectivity index (χ2v) is 7.57. The molecule has 0 heterocycles. The number of nitriles is 1. The zero-order valence-electron chi connectivity index (χ0n) is 12.1. The van der Waals surface area contributed by atoms with Crippen molar-refractivity contribution in [1.29, 1.82) is 5.26 Å². The Labute approximate surface area is 111 Å². The maximum absolute atomic E-state index is 10.8. The largest absolute Gasteiger partial charge is 0.388 e. The van der Waals surface area contributed by atoms with Crippen molar-refractivity contribution in [2.24, 2.45) is 16.7 Å². The Hall–Kier alpha value is -0.550. The third-order valence-corrected chi connectivity index (χ3v) is 5.60. The van der Waals surface area contributed by atoms with E-state index in [0.717, 1.165) is 51.4 Å². The smallest absolute Gasteiger partial charge is 0.0860 e. The Kier molecular flexibility index (Phi) is 3.49. The standard InChI is InChI=1S/C16H27NO/c1-14(2,3)13-6-10-15(12-17,11-7-13)16(18)8-4-5-9-16/h13,18H,4-11H2,1-3H3. The molecule has 18 heavy (non-hydrogen) atoms. The van der Waals surface area contributed by atoms with E-state index in [-0.39, 0.29) is 0 Å². The molecule has 0 aromatic rings. The Morgan fingerprint density at radius 2 is 1.56 bits per heavy atom. The molecule has 0 aromatic carbocycles. The highest BCUT2D eigenvalue weighted by Crippen LogP contribution is 2.54. The highest BCUT2D eigenvalue weighted by Gasteiger charge is 2.53. The Bertz CT molecular complexity index is 333. The summed E-state index contributed by atoms with van der Waals surface area (Å²) in [5, 5.41) is 20.5. The van der Waals surface area contributed by atoms with E-state index in [2.05, 4.69) is 26.8 Å². The van der Waals surface area contributed by atoms with Crippen LogP contribution in [0.2, 0.25) is 0 Å². The van der Waals surface area contributed by atoms with Gasteiger partial charge in [-0.15, -0.1) is 0 Å². The highest BCUT2D eigenvalue weighted by molar-refractivity contribution is 5.14. The van der Waals surface area contributed by atoms with Crippen molar-refractivity contribution in [1.82, 2.24) is 0 Å². The summed E-state index contributed by atoms with van der Waals surface area (Å²) in [5.74, 6) is 0.698. The van der Waals surface area contributed by atoms with E-state index >= 15 is 0 Å². The normalized spacial score (nSPS) is 36.3. The van der Waals surface area contributed by atoms with E-state index in [0.29, 0.717) is 11.3 Å². The van der Waals surface area contributed by atoms with Crippen LogP contribution in [0.1, 0.15) is 72.1 Å². The van der Waals surface area contributed by atoms with Gasteiger partial charge >= 0.3 is 0 Å². The van der Waals surface area contributed by atoms with Gasteiger partial charge in [-0.05, 0) is 49.9 Å². The molecule has 2 aliphatic rings. The summed E-state index contributed by atoms with van der Waals surface area (Å²) < 4.78 is 0. The first-order chi connectivity index (χ1) is 8.33. The molecule has 0 aliphatic heterocycles. The molecule has 1 N–H and O–H groups in total. The lowest BCUT2D eigenvalue weighted by Crippen LogP contribution is -2.48. The fourth-order valence-electron chi connectivity index (χ4n) is 4.10. The molecule has 102 valence electrons. The summed E-state index contributed by atoms with van der Waals surface area (Å²) in [7, 11) is 0. The molecule has 2 rings (SSSR count). The van der Waals surface area contributed by atoms with Crippen LogP contribution in [0.3, 0.4) is 0 Å². The Balaban J connectivity index is 2.12. The maximum atomic E-state index is 10.8. The summed E-state index contributed by atoms with van der Waals surface area (Å²) in [6.07, 6.45) is 7.81. The number of rotatable bonds is 1. The molecule has 2 saturated carbocycles. The van der Waals surface area contributed by atoms with Crippen LogP contribution in [0.15, 0.2) is 0 Å². The molecule has 0 bridgehead atoms. The van der Waals surface area contributed by atoms with Crippen molar-refractivity contribution in [3.8, 4) is 6.07 Å². The molecular weight excluding hydrogens is 222 g/mol. The van der Waals surface area contributed by atoms with E-state index in [1.165, 1.54) is 0 Å². The molecule has 0 aromatic heterocycles. The van der Waals surface area contributed by atoms with E-state index in [1.807, 2.05) is 0 Å². The van der Waals surface area contributed by atoms with Crippen molar-refractivity contribution < 1.29 is 5.11 Å². The lowest BCUT2D eigenvalue weighted by atomic mass is 9.58. The van der Waals surface area contributed by atoms with Gasteiger partial charge in [0.05, 0.1) is 17.1 Å². The van der Waals surface area contributed by atoms with E-state index in [9.17, 15) is 10.4 Å². The first-order valence-electron chi connectivity index (χ1n) is 7.47. The van der Waals surface area contributed by atoms with Crippen LogP contribution in [0.25, 0.3) is 0 Å². The first-order valence-corrected chi connectivity index (χ1v) is 7.47. The predicted octanol–water partition coefficient (Wildman–Crippen LogP) is 4.04. The summed E-state index contributed by atoms with van der Waals surface area (Å²) in [4.78, 5) is 0. The van der Waals surface area contributed by atoms with Crippen LogP contribution in [0.4, 0.5) is 0 Å². The van der Waals surface area contributed by atoms with Crippen LogP contribution in [-0.2, 0) is 0 Å². The molecule has 0 spiro atoms. The van der Waals surface area contributed by atoms with Gasteiger partial charge in [-0.1, -0.05) is 33.6 Å². The van der Waals surface area contributed by atoms with E-state index < -0.39 is 11.0 Å². The van der Waals surface area contributed by atoms with Crippen LogP contribution in [-0.4, -0.2) is 10.7 Å². The molecule has 2 fully saturated rings. The highest BCUT2D eigenvalue weighted by atomic mass is 16.3. The van der Waals surface area contributed by atoms with Gasteiger partial charge in [-0.3, -0.25) is 0 Å². The average Bonchev–Trinajstić information content (AvgIpc) is 2.76. The second kappa shape index (κ2) is 4.53. The summed E-state index contributed by atoms with van der Waals surface area (Å²) in [6.45, 7) is 6.88. The summed E-state index contributed by atoms with van der Waals surface area (Å²) in [6, 6.07) is 2.52. The first kappa shape index (κ1) is 13.9. The van der Waals surface area contributed by atoms with Gasteiger partial charge in [0.15, 0.2) is 0 Å². The van der Waals surface area contributed by atoms with E-state index in [4.69, 9.17) is 0 Å². The number of nitrogens with zero attached hydrogens (tertiary/aromatic N) is 1. The molecular formula is C16H27NO. The molecule has 2 nitrogen and oxygen atoms in total. The van der Waals surface area contributed by atoms with Gasteiger partial charge in [-0.25, -0.2) is 0 Å². The van der Waals surface area contributed by atoms with Crippen molar-refractivity contribution in [3.63, 3.8) is 0 Å². The van der Waals surface area contributed by atoms with Gasteiger partial charge in [0.25, 0.3) is 0 Å². The predicted molar refractivity (Wildman–Crippen MR) is 72.9 cm³/mol. The third kappa shape index (κ3) is 2.18. The lowest BCUT2D eigenvalue weighted by Gasteiger charge is -2.47. The minimum Gasteiger partial charge on any atom is -0.388 e. The average molecular weight is 249 g/mol. The molecule has 0 unspecified atom stereocenters. The van der Waals surface area contributed by atoms with Crippen molar-refractivity contribution >= 4 is 0 Å².